The number of nitrogens with zero attached hydrogens (tertiary/aromatic N) is 1. The molecule has 0 aromatic heterocycles. The van der Waals surface area contributed by atoms with Crippen molar-refractivity contribution in [2.45, 2.75) is 19.6 Å². The first-order valence-electron chi connectivity index (χ1n) is 6.79. The maximum absolute atomic E-state index is 11.0. The fourth-order valence-electron chi connectivity index (χ4n) is 2.98. The highest BCUT2D eigenvalue weighted by atomic mass is 16.5. The lowest BCUT2D eigenvalue weighted by Crippen LogP contribution is -2.53. The molecule has 2 heterocycles. The number of carboxylic acid groups (broad SMARTS) is 1. The summed E-state index contributed by atoms with van der Waals surface area (Å²) < 4.78 is 5.65. The van der Waals surface area contributed by atoms with E-state index in [4.69, 9.17) is 9.84 Å². The van der Waals surface area contributed by atoms with Gasteiger partial charge in [-0.05, 0) is 17.0 Å². The van der Waals surface area contributed by atoms with E-state index in [0.29, 0.717) is 19.3 Å². The van der Waals surface area contributed by atoms with Crippen molar-refractivity contribution in [1.82, 2.24) is 4.90 Å². The number of aliphatic carboxylic acids is 1. The largest absolute Gasteiger partial charge is 0.481 e. The fourth-order valence-corrected chi connectivity index (χ4v) is 2.98. The summed E-state index contributed by atoms with van der Waals surface area (Å²) in [6.07, 6.45) is 0. The standard InChI is InChI=1S/C15H19NO3/c1-10(15(17)18)12-6-16(7-12)14-9-19-8-11-4-2-3-5-13(11)14/h2-5,10,12,14H,6-9H2,1H3,(H,17,18). The average Bonchev–Trinajstić information content (AvgIpc) is 2.37. The van der Waals surface area contributed by atoms with Crippen molar-refractivity contribution in [3.8, 4) is 0 Å². The fraction of sp³-hybridized carbons (Fsp3) is 0.533. The molecule has 1 fully saturated rings. The van der Waals surface area contributed by atoms with Gasteiger partial charge in [0.1, 0.15) is 0 Å². The molecule has 1 aromatic rings. The predicted molar refractivity (Wildman–Crippen MR) is 70.7 cm³/mol. The van der Waals surface area contributed by atoms with Gasteiger partial charge in [0.2, 0.25) is 0 Å². The number of fused-ring (bicyclic) bond motifs is 1. The van der Waals surface area contributed by atoms with Crippen LogP contribution in [0.3, 0.4) is 0 Å². The lowest BCUT2D eigenvalue weighted by atomic mass is 9.84. The molecule has 0 radical (unpaired) electrons. The summed E-state index contributed by atoms with van der Waals surface area (Å²) in [6.45, 7) is 4.92. The SMILES string of the molecule is CC(C(=O)O)C1CN(C2COCc3ccccc32)C1. The highest BCUT2D eigenvalue weighted by Crippen LogP contribution is 2.36. The molecule has 0 amide bonds. The van der Waals surface area contributed by atoms with E-state index >= 15 is 0 Å². The molecule has 4 heteroatoms. The van der Waals surface area contributed by atoms with Gasteiger partial charge in [-0.25, -0.2) is 0 Å². The number of ether oxygens (including phenoxy) is 1. The summed E-state index contributed by atoms with van der Waals surface area (Å²) >= 11 is 0. The van der Waals surface area contributed by atoms with Crippen LogP contribution in [0.4, 0.5) is 0 Å². The third kappa shape index (κ3) is 2.26. The van der Waals surface area contributed by atoms with Crippen molar-refractivity contribution in [3.05, 3.63) is 35.4 Å². The minimum absolute atomic E-state index is 0.254. The molecule has 2 unspecified atom stereocenters. The van der Waals surface area contributed by atoms with Crippen LogP contribution in [-0.4, -0.2) is 35.7 Å². The van der Waals surface area contributed by atoms with E-state index < -0.39 is 5.97 Å². The van der Waals surface area contributed by atoms with Gasteiger partial charge in [0.05, 0.1) is 25.2 Å². The molecule has 2 atom stereocenters. The Kier molecular flexibility index (Phi) is 3.29. The molecule has 1 aromatic carbocycles. The Hall–Kier alpha value is -1.39. The molecule has 1 N–H and O–H groups in total. The molecule has 4 nitrogen and oxygen atoms in total. The van der Waals surface area contributed by atoms with Gasteiger partial charge in [-0.15, -0.1) is 0 Å². The van der Waals surface area contributed by atoms with Crippen LogP contribution in [0.1, 0.15) is 24.1 Å². The van der Waals surface area contributed by atoms with Crippen LogP contribution in [0.15, 0.2) is 24.3 Å². The quantitative estimate of drug-likeness (QED) is 0.903. The topological polar surface area (TPSA) is 49.8 Å². The number of hydrogen-bond donors (Lipinski definition) is 1. The second-order valence-corrected chi connectivity index (χ2v) is 5.57. The van der Waals surface area contributed by atoms with Crippen LogP contribution in [0, 0.1) is 11.8 Å². The van der Waals surface area contributed by atoms with Gasteiger partial charge < -0.3 is 9.84 Å². The first kappa shape index (κ1) is 12.6. The van der Waals surface area contributed by atoms with Crippen molar-refractivity contribution >= 4 is 5.97 Å². The third-order valence-electron chi connectivity index (χ3n) is 4.42. The molecule has 0 bridgehead atoms. The van der Waals surface area contributed by atoms with Gasteiger partial charge in [0, 0.05) is 13.1 Å². The minimum atomic E-state index is -0.690. The normalized spacial score (nSPS) is 25.4. The highest BCUT2D eigenvalue weighted by Gasteiger charge is 2.39. The second kappa shape index (κ2) is 4.94. The predicted octanol–water partition coefficient (Wildman–Crippen LogP) is 1.91. The van der Waals surface area contributed by atoms with Crippen molar-refractivity contribution in [3.63, 3.8) is 0 Å². The Balaban J connectivity index is 1.68. The number of hydrogen-bond acceptors (Lipinski definition) is 3. The zero-order chi connectivity index (χ0) is 13.4. The zero-order valence-electron chi connectivity index (χ0n) is 11.1. The van der Waals surface area contributed by atoms with Gasteiger partial charge in [-0.1, -0.05) is 31.2 Å². The first-order valence-corrected chi connectivity index (χ1v) is 6.79. The minimum Gasteiger partial charge on any atom is -0.481 e. The van der Waals surface area contributed by atoms with Crippen LogP contribution in [0.2, 0.25) is 0 Å². The molecule has 1 saturated heterocycles. The molecule has 2 aliphatic rings. The van der Waals surface area contributed by atoms with Crippen LogP contribution >= 0.6 is 0 Å². The van der Waals surface area contributed by atoms with Crippen LogP contribution in [0.5, 0.6) is 0 Å². The average molecular weight is 261 g/mol. The molecular formula is C15H19NO3. The van der Waals surface area contributed by atoms with E-state index in [1.165, 1.54) is 11.1 Å². The van der Waals surface area contributed by atoms with E-state index in [1.807, 2.05) is 6.07 Å². The van der Waals surface area contributed by atoms with Crippen molar-refractivity contribution in [2.24, 2.45) is 11.8 Å². The van der Waals surface area contributed by atoms with Gasteiger partial charge in [0.15, 0.2) is 0 Å². The smallest absolute Gasteiger partial charge is 0.306 e. The molecule has 19 heavy (non-hydrogen) atoms. The van der Waals surface area contributed by atoms with Crippen molar-refractivity contribution < 1.29 is 14.6 Å². The summed E-state index contributed by atoms with van der Waals surface area (Å²) in [5.74, 6) is -0.674. The van der Waals surface area contributed by atoms with Gasteiger partial charge in [-0.3, -0.25) is 9.69 Å². The van der Waals surface area contributed by atoms with Crippen molar-refractivity contribution in [2.75, 3.05) is 19.7 Å². The maximum Gasteiger partial charge on any atom is 0.306 e. The Labute approximate surface area is 113 Å². The van der Waals surface area contributed by atoms with Gasteiger partial charge in [0.25, 0.3) is 0 Å². The third-order valence-corrected chi connectivity index (χ3v) is 4.42. The molecule has 102 valence electrons. The monoisotopic (exact) mass is 261 g/mol. The van der Waals surface area contributed by atoms with E-state index in [0.717, 1.165) is 13.1 Å². The molecule has 3 rings (SSSR count). The number of rotatable bonds is 3. The van der Waals surface area contributed by atoms with Gasteiger partial charge >= 0.3 is 5.97 Å². The van der Waals surface area contributed by atoms with Crippen LogP contribution in [-0.2, 0) is 16.1 Å². The lowest BCUT2D eigenvalue weighted by Gasteiger charge is -2.47. The lowest BCUT2D eigenvalue weighted by molar-refractivity contribution is -0.146. The van der Waals surface area contributed by atoms with E-state index in [9.17, 15) is 4.79 Å². The molecule has 2 aliphatic heterocycles. The van der Waals surface area contributed by atoms with Crippen LogP contribution in [0.25, 0.3) is 0 Å². The van der Waals surface area contributed by atoms with E-state index in [2.05, 4.69) is 23.1 Å². The molecular weight excluding hydrogens is 242 g/mol. The highest BCUT2D eigenvalue weighted by molar-refractivity contribution is 5.70. The number of carboxylic acids is 1. The molecule has 0 aliphatic carbocycles. The Morgan fingerprint density at radius 2 is 2.16 bits per heavy atom. The Bertz CT molecular complexity index is 482. The maximum atomic E-state index is 11.0. The summed E-state index contributed by atoms with van der Waals surface area (Å²) in [5, 5.41) is 9.03. The summed E-state index contributed by atoms with van der Waals surface area (Å²) in [5.41, 5.74) is 2.60. The second-order valence-electron chi connectivity index (χ2n) is 5.57. The molecule has 0 saturated carbocycles. The first-order chi connectivity index (χ1) is 9.16. The van der Waals surface area contributed by atoms with Crippen LogP contribution < -0.4 is 0 Å². The summed E-state index contributed by atoms with van der Waals surface area (Å²) in [6, 6.07) is 8.67. The van der Waals surface area contributed by atoms with E-state index in [-0.39, 0.29) is 11.8 Å². The number of benzene rings is 1. The zero-order valence-corrected chi connectivity index (χ0v) is 11.1. The molecule has 0 spiro atoms. The van der Waals surface area contributed by atoms with E-state index in [1.54, 1.807) is 6.92 Å². The summed E-state index contributed by atoms with van der Waals surface area (Å²) in [7, 11) is 0. The Morgan fingerprint density at radius 1 is 1.42 bits per heavy atom. The summed E-state index contributed by atoms with van der Waals surface area (Å²) in [4.78, 5) is 13.3. The number of carbonyl (C=O) groups is 1. The Morgan fingerprint density at radius 3 is 2.89 bits per heavy atom. The van der Waals surface area contributed by atoms with Gasteiger partial charge in [-0.2, -0.15) is 0 Å². The van der Waals surface area contributed by atoms with Crippen molar-refractivity contribution in [1.29, 1.82) is 0 Å². The number of likely N-dealkylation sites (tertiary alicyclic amines) is 1.